The van der Waals surface area contributed by atoms with E-state index in [9.17, 15) is 0 Å². The second-order valence-corrected chi connectivity index (χ2v) is 28.1. The van der Waals surface area contributed by atoms with Gasteiger partial charge in [-0.25, -0.2) is 0 Å². The van der Waals surface area contributed by atoms with Gasteiger partial charge in [0, 0.05) is 50.9 Å². The maximum atomic E-state index is 2.77. The maximum Gasteiger partial charge on any atom is 0.252 e. The van der Waals surface area contributed by atoms with Crippen molar-refractivity contribution in [1.82, 2.24) is 0 Å². The van der Waals surface area contributed by atoms with Crippen molar-refractivity contribution >= 4 is 74.3 Å². The second-order valence-electron chi connectivity index (χ2n) is 28.1. The summed E-state index contributed by atoms with van der Waals surface area (Å²) >= 11 is 0. The smallest absolute Gasteiger partial charge is 0.252 e. The summed E-state index contributed by atoms with van der Waals surface area (Å²) in [6.45, 7) is 36.6. The van der Waals surface area contributed by atoms with Gasteiger partial charge in [0.2, 0.25) is 0 Å². The van der Waals surface area contributed by atoms with Crippen molar-refractivity contribution in [3.05, 3.63) is 201 Å². The normalized spacial score (nSPS) is 19.8. The largest absolute Gasteiger partial charge is 0.311 e. The van der Waals surface area contributed by atoms with Crippen LogP contribution in [0.15, 0.2) is 140 Å². The summed E-state index contributed by atoms with van der Waals surface area (Å²) in [4.78, 5) is 8.04. The van der Waals surface area contributed by atoms with Crippen LogP contribution in [0.5, 0.6) is 0 Å². The highest BCUT2D eigenvalue weighted by Crippen LogP contribution is 2.66. The van der Waals surface area contributed by atoms with Crippen LogP contribution < -0.4 is 31.1 Å². The van der Waals surface area contributed by atoms with Gasteiger partial charge in [0.05, 0.1) is 5.69 Å². The highest BCUT2D eigenvalue weighted by Gasteiger charge is 2.56. The molecule has 0 spiro atoms. The highest BCUT2D eigenvalue weighted by atomic mass is 15.2. The fourth-order valence-electron chi connectivity index (χ4n) is 16.0. The Balaban J connectivity index is 1.14. The predicted octanol–water partition coefficient (Wildman–Crippen LogP) is 17.8. The van der Waals surface area contributed by atoms with Crippen molar-refractivity contribution in [2.24, 2.45) is 0 Å². The van der Waals surface area contributed by atoms with Gasteiger partial charge in [0.15, 0.2) is 0 Å². The molecule has 0 saturated heterocycles. The number of aryl methyl sites for hydroxylation is 3. The van der Waals surface area contributed by atoms with Crippen LogP contribution in [0.1, 0.15) is 170 Å². The zero-order chi connectivity index (χ0) is 53.8. The van der Waals surface area contributed by atoms with Crippen molar-refractivity contribution in [3.63, 3.8) is 0 Å². The average Bonchev–Trinajstić information content (AvgIpc) is 3.35. The number of rotatable bonds is 4. The number of fused-ring (bicyclic) bond motifs is 12. The van der Waals surface area contributed by atoms with Crippen LogP contribution in [0.3, 0.4) is 0 Å². The lowest BCUT2D eigenvalue weighted by Crippen LogP contribution is -2.63. The molecule has 4 heteroatoms. The van der Waals surface area contributed by atoms with Gasteiger partial charge in [-0.1, -0.05) is 161 Å². The van der Waals surface area contributed by atoms with E-state index in [1.165, 1.54) is 147 Å². The number of nitrogens with zero attached hydrogens (tertiary/aromatic N) is 3. The number of hydrogen-bond donors (Lipinski definition) is 0. The van der Waals surface area contributed by atoms with Crippen molar-refractivity contribution in [1.29, 1.82) is 0 Å². The van der Waals surface area contributed by atoms with Crippen LogP contribution in [-0.2, 0) is 32.5 Å². The molecule has 14 rings (SSSR count). The van der Waals surface area contributed by atoms with Crippen LogP contribution in [0.25, 0.3) is 11.1 Å². The number of benzene rings is 8. The Bertz CT molecular complexity index is 3850. The first kappa shape index (κ1) is 48.6. The monoisotopic (exact) mass is 1010 g/mol. The molecule has 3 nitrogen and oxygen atoms in total. The number of anilines is 9. The van der Waals surface area contributed by atoms with E-state index >= 15 is 0 Å². The van der Waals surface area contributed by atoms with Crippen molar-refractivity contribution < 1.29 is 0 Å². The Morgan fingerprint density at radius 3 is 1.66 bits per heavy atom. The van der Waals surface area contributed by atoms with E-state index in [1.54, 1.807) is 0 Å². The Morgan fingerprint density at radius 1 is 0.455 bits per heavy atom. The Labute approximate surface area is 460 Å². The molecule has 6 aliphatic rings. The summed E-state index contributed by atoms with van der Waals surface area (Å²) < 4.78 is 0. The molecule has 3 aliphatic carbocycles. The van der Waals surface area contributed by atoms with E-state index in [1.807, 2.05) is 0 Å². The Kier molecular flexibility index (Phi) is 9.91. The molecule has 0 N–H and O–H groups in total. The van der Waals surface area contributed by atoms with E-state index in [4.69, 9.17) is 0 Å². The van der Waals surface area contributed by atoms with Gasteiger partial charge < -0.3 is 14.7 Å². The molecule has 0 fully saturated rings. The van der Waals surface area contributed by atoms with Crippen LogP contribution in [-0.4, -0.2) is 6.71 Å². The van der Waals surface area contributed by atoms with Crippen LogP contribution in [0.4, 0.5) is 51.2 Å². The number of para-hydroxylation sites is 2. The summed E-state index contributed by atoms with van der Waals surface area (Å²) in [6.07, 6.45) is 4.69. The molecule has 0 bridgehead atoms. The van der Waals surface area contributed by atoms with Crippen molar-refractivity contribution in [3.8, 4) is 11.1 Å². The van der Waals surface area contributed by atoms with Crippen molar-refractivity contribution in [2.45, 2.75) is 162 Å². The van der Waals surface area contributed by atoms with E-state index in [0.717, 1.165) is 18.5 Å². The van der Waals surface area contributed by atoms with Gasteiger partial charge in [-0.05, 0) is 224 Å². The quantitative estimate of drug-likeness (QED) is 0.163. The molecule has 386 valence electrons. The molecule has 3 aliphatic heterocycles. The van der Waals surface area contributed by atoms with Crippen LogP contribution in [0, 0.1) is 20.8 Å². The minimum absolute atomic E-state index is 0.0227. The molecule has 0 saturated carbocycles. The molecule has 1 atom stereocenters. The lowest BCUT2D eigenvalue weighted by atomic mass is 9.32. The molecule has 3 heterocycles. The summed E-state index contributed by atoms with van der Waals surface area (Å²) in [6, 6.07) is 55.5. The standard InChI is InChI=1S/C73H76BN3/c1-43-22-16-20-26-57(43)75(58-27-21-17-23-44(58)2)47-29-32-55-60(40-47)77-59-33-31-51(68(4,5)6)63-48-24-18-19-25-49(48)73(15,65(59)63)64-45(3)38-62-66(67(64)77)74(55)56-41-53-54(72(13,14)37-36-71(53,11)12)42-61(56)76(62)46-28-30-50-52(39-46)70(9,10)35-34-69(50,7)8/h16-33,38-42H,34-37H2,1-15H3. The van der Waals surface area contributed by atoms with Gasteiger partial charge in [0.25, 0.3) is 6.71 Å². The van der Waals surface area contributed by atoms with Crippen molar-refractivity contribution in [2.75, 3.05) is 14.7 Å². The highest BCUT2D eigenvalue weighted by molar-refractivity contribution is 7.00. The zero-order valence-electron chi connectivity index (χ0n) is 48.5. The summed E-state index contributed by atoms with van der Waals surface area (Å²) in [5, 5.41) is 0. The third-order valence-corrected chi connectivity index (χ3v) is 20.4. The minimum atomic E-state index is -0.407. The molecule has 0 amide bonds. The van der Waals surface area contributed by atoms with Gasteiger partial charge >= 0.3 is 0 Å². The van der Waals surface area contributed by atoms with E-state index < -0.39 is 5.41 Å². The zero-order valence-corrected chi connectivity index (χ0v) is 48.5. The second kappa shape index (κ2) is 15.7. The third-order valence-electron chi connectivity index (χ3n) is 20.4. The van der Waals surface area contributed by atoms with Gasteiger partial charge in [0.1, 0.15) is 0 Å². The van der Waals surface area contributed by atoms with Gasteiger partial charge in [-0.15, -0.1) is 0 Å². The van der Waals surface area contributed by atoms with Gasteiger partial charge in [-0.3, -0.25) is 0 Å². The topological polar surface area (TPSA) is 9.72 Å². The Morgan fingerprint density at radius 2 is 1.03 bits per heavy atom. The Hall–Kier alpha value is -6.78. The maximum absolute atomic E-state index is 2.77. The fraction of sp³-hybridized carbons (Fsp3) is 0.342. The summed E-state index contributed by atoms with van der Waals surface area (Å²) in [7, 11) is 0. The molecular weight excluding hydrogens is 930 g/mol. The number of hydrogen-bond acceptors (Lipinski definition) is 3. The molecule has 8 aromatic rings. The first-order valence-electron chi connectivity index (χ1n) is 28.9. The van der Waals surface area contributed by atoms with E-state index in [2.05, 4.69) is 258 Å². The van der Waals surface area contributed by atoms with E-state index in [0.29, 0.717) is 0 Å². The SMILES string of the molecule is Cc1ccccc1N(c1ccc2c(c1)N1c3ccc(C(C)(C)C)c4c3C(C)(c3ccccc3-4)c3c(C)cc4c(c31)B2c1cc2c(cc1N4c1ccc3c(c1)C(C)(C)CCC3(C)C)C(C)(C)CCC2(C)C)c1ccccc1C. The summed E-state index contributed by atoms with van der Waals surface area (Å²) in [5.41, 5.74) is 33.7. The molecule has 0 radical (unpaired) electrons. The molecular formula is C73H76BN3. The molecule has 8 aromatic carbocycles. The summed E-state index contributed by atoms with van der Waals surface area (Å²) in [5.74, 6) is 0. The van der Waals surface area contributed by atoms with Gasteiger partial charge in [-0.2, -0.15) is 0 Å². The van der Waals surface area contributed by atoms with Crippen LogP contribution in [0.2, 0.25) is 0 Å². The molecule has 0 aromatic heterocycles. The van der Waals surface area contributed by atoms with Crippen LogP contribution >= 0.6 is 0 Å². The minimum Gasteiger partial charge on any atom is -0.311 e. The fourth-order valence-corrected chi connectivity index (χ4v) is 16.0. The van der Waals surface area contributed by atoms with E-state index in [-0.39, 0.29) is 33.8 Å². The molecule has 1 unspecified atom stereocenters. The first-order valence-corrected chi connectivity index (χ1v) is 28.9. The average molecular weight is 1010 g/mol. The first-order chi connectivity index (χ1) is 36.4. The lowest BCUT2D eigenvalue weighted by molar-refractivity contribution is 0.332. The predicted molar refractivity (Wildman–Crippen MR) is 330 cm³/mol. The lowest BCUT2D eigenvalue weighted by Gasteiger charge is -2.52. The molecule has 77 heavy (non-hydrogen) atoms. The third kappa shape index (κ3) is 6.51.